The molecule has 1 amide bonds. The van der Waals surface area contributed by atoms with E-state index in [-0.39, 0.29) is 29.3 Å². The second-order valence-electron chi connectivity index (χ2n) is 7.97. The van der Waals surface area contributed by atoms with E-state index in [2.05, 4.69) is 27.4 Å². The van der Waals surface area contributed by atoms with Crippen LogP contribution in [0.3, 0.4) is 0 Å². The number of rotatable bonds is 4. The number of nitrogens with zero attached hydrogens (tertiary/aromatic N) is 3. The number of benzene rings is 1. The summed E-state index contributed by atoms with van der Waals surface area (Å²) in [5.74, 6) is -0.880. The number of H-pyrrole nitrogens is 1. The maximum Gasteiger partial charge on any atom is 0.255 e. The maximum absolute atomic E-state index is 14.5. The number of carbonyl (C=O) groups is 1. The van der Waals surface area contributed by atoms with E-state index in [1.807, 2.05) is 18.7 Å². The van der Waals surface area contributed by atoms with Gasteiger partial charge < -0.3 is 15.3 Å². The molecule has 0 bridgehead atoms. The minimum absolute atomic E-state index is 0.0369. The summed E-state index contributed by atoms with van der Waals surface area (Å²) in [5, 5.41) is 20.8. The fourth-order valence-corrected chi connectivity index (χ4v) is 4.10. The van der Waals surface area contributed by atoms with Crippen LogP contribution in [0.25, 0.3) is 22.3 Å². The molecule has 0 saturated carbocycles. The molecule has 3 aromatic rings. The summed E-state index contributed by atoms with van der Waals surface area (Å²) in [4.78, 5) is 20.0. The van der Waals surface area contributed by atoms with Gasteiger partial charge in [0.2, 0.25) is 0 Å². The molecule has 7 nitrogen and oxygen atoms in total. The summed E-state index contributed by atoms with van der Waals surface area (Å²) in [5.41, 5.74) is 2.09. The SMILES string of the molecule is CCC[C@@H]1CN(C(=O)c2cc(-c3ccc(O)cc3F)nc3n[nH]c(C)c23)[C@@H](C)CN1. The molecule has 0 aliphatic carbocycles. The molecular formula is C22H26FN5O2. The number of halogens is 1. The molecule has 0 unspecified atom stereocenters. The molecule has 158 valence electrons. The van der Waals surface area contributed by atoms with E-state index in [4.69, 9.17) is 0 Å². The number of amides is 1. The Labute approximate surface area is 174 Å². The monoisotopic (exact) mass is 411 g/mol. The van der Waals surface area contributed by atoms with Gasteiger partial charge in [0.15, 0.2) is 5.65 Å². The standard InChI is InChI=1S/C22H26FN5O2/c1-4-5-14-11-28(12(2)10-24-14)22(30)17-9-19(16-7-6-15(29)8-18(16)23)25-21-20(17)13(3)26-27-21/h6-9,12,14,24,29H,4-5,10-11H2,1-3H3,(H,25,26,27)/t12-,14+/m0/s1. The molecule has 2 aromatic heterocycles. The summed E-state index contributed by atoms with van der Waals surface area (Å²) in [6.45, 7) is 7.35. The molecule has 1 fully saturated rings. The first-order chi connectivity index (χ1) is 14.4. The third-order valence-electron chi connectivity index (χ3n) is 5.71. The topological polar surface area (TPSA) is 94.1 Å². The first kappa shape index (κ1) is 20.3. The average molecular weight is 411 g/mol. The number of carbonyl (C=O) groups excluding carboxylic acids is 1. The van der Waals surface area contributed by atoms with Gasteiger partial charge in [0.1, 0.15) is 11.6 Å². The minimum atomic E-state index is -0.606. The number of aromatic amines is 1. The van der Waals surface area contributed by atoms with Gasteiger partial charge in [-0.15, -0.1) is 0 Å². The number of aromatic nitrogens is 3. The lowest BCUT2D eigenvalue weighted by atomic mass is 10.0. The number of aromatic hydroxyl groups is 1. The van der Waals surface area contributed by atoms with Crippen LogP contribution in [-0.2, 0) is 0 Å². The number of nitrogens with one attached hydrogen (secondary N) is 2. The molecule has 3 heterocycles. The highest BCUT2D eigenvalue weighted by molar-refractivity contribution is 6.07. The van der Waals surface area contributed by atoms with Crippen LogP contribution in [0.2, 0.25) is 0 Å². The Morgan fingerprint density at radius 2 is 2.17 bits per heavy atom. The third-order valence-corrected chi connectivity index (χ3v) is 5.71. The number of pyridine rings is 1. The van der Waals surface area contributed by atoms with Crippen LogP contribution >= 0.6 is 0 Å². The highest BCUT2D eigenvalue weighted by Crippen LogP contribution is 2.30. The van der Waals surface area contributed by atoms with Gasteiger partial charge in [0.05, 0.1) is 16.6 Å². The number of phenolic OH excluding ortho intramolecular Hbond substituents is 1. The van der Waals surface area contributed by atoms with Crippen molar-refractivity contribution >= 4 is 16.9 Å². The van der Waals surface area contributed by atoms with Gasteiger partial charge in [-0.3, -0.25) is 9.89 Å². The Morgan fingerprint density at radius 1 is 1.37 bits per heavy atom. The summed E-state index contributed by atoms with van der Waals surface area (Å²) < 4.78 is 14.5. The average Bonchev–Trinajstić information content (AvgIpc) is 3.09. The van der Waals surface area contributed by atoms with Crippen molar-refractivity contribution < 1.29 is 14.3 Å². The lowest BCUT2D eigenvalue weighted by molar-refractivity contribution is 0.0604. The molecule has 0 radical (unpaired) electrons. The Kier molecular flexibility index (Phi) is 5.42. The zero-order valence-corrected chi connectivity index (χ0v) is 17.4. The molecule has 3 N–H and O–H groups in total. The third kappa shape index (κ3) is 3.63. The van der Waals surface area contributed by atoms with Crippen LogP contribution in [0, 0.1) is 12.7 Å². The minimum Gasteiger partial charge on any atom is -0.508 e. The normalized spacial score (nSPS) is 19.4. The van der Waals surface area contributed by atoms with Crippen molar-refractivity contribution in [3.05, 3.63) is 41.3 Å². The van der Waals surface area contributed by atoms with Gasteiger partial charge in [-0.25, -0.2) is 9.37 Å². The molecule has 1 saturated heterocycles. The van der Waals surface area contributed by atoms with E-state index in [1.165, 1.54) is 12.1 Å². The Balaban J connectivity index is 1.81. The van der Waals surface area contributed by atoms with Crippen molar-refractivity contribution in [3.63, 3.8) is 0 Å². The van der Waals surface area contributed by atoms with Crippen molar-refractivity contribution in [3.8, 4) is 17.0 Å². The van der Waals surface area contributed by atoms with E-state index in [0.717, 1.165) is 31.1 Å². The molecule has 1 aromatic carbocycles. The molecule has 0 spiro atoms. The van der Waals surface area contributed by atoms with Gasteiger partial charge >= 0.3 is 0 Å². The number of phenols is 1. The van der Waals surface area contributed by atoms with Gasteiger partial charge in [0.25, 0.3) is 5.91 Å². The second kappa shape index (κ2) is 8.02. The first-order valence-electron chi connectivity index (χ1n) is 10.3. The zero-order chi connectivity index (χ0) is 21.4. The Morgan fingerprint density at radius 3 is 2.90 bits per heavy atom. The fourth-order valence-electron chi connectivity index (χ4n) is 4.10. The van der Waals surface area contributed by atoms with E-state index >= 15 is 0 Å². The first-order valence-corrected chi connectivity index (χ1v) is 10.3. The van der Waals surface area contributed by atoms with Crippen molar-refractivity contribution in [2.75, 3.05) is 13.1 Å². The van der Waals surface area contributed by atoms with Gasteiger partial charge in [-0.2, -0.15) is 5.10 Å². The lowest BCUT2D eigenvalue weighted by Crippen LogP contribution is -2.57. The molecular weight excluding hydrogens is 385 g/mol. The van der Waals surface area contributed by atoms with Gasteiger partial charge in [-0.1, -0.05) is 13.3 Å². The van der Waals surface area contributed by atoms with Crippen molar-refractivity contribution in [1.82, 2.24) is 25.4 Å². The Hall–Kier alpha value is -3.00. The number of aryl methyl sites for hydroxylation is 1. The molecule has 1 aliphatic heterocycles. The van der Waals surface area contributed by atoms with Crippen LogP contribution in [0.1, 0.15) is 42.7 Å². The van der Waals surface area contributed by atoms with Crippen LogP contribution in [0.15, 0.2) is 24.3 Å². The smallest absolute Gasteiger partial charge is 0.255 e. The quantitative estimate of drug-likeness (QED) is 0.612. The summed E-state index contributed by atoms with van der Waals surface area (Å²) >= 11 is 0. The fraction of sp³-hybridized carbons (Fsp3) is 0.409. The van der Waals surface area contributed by atoms with Crippen LogP contribution in [0.4, 0.5) is 4.39 Å². The van der Waals surface area contributed by atoms with Crippen LogP contribution < -0.4 is 5.32 Å². The van der Waals surface area contributed by atoms with E-state index < -0.39 is 5.82 Å². The van der Waals surface area contributed by atoms with Crippen LogP contribution in [-0.4, -0.2) is 56.3 Å². The highest BCUT2D eigenvalue weighted by Gasteiger charge is 2.31. The van der Waals surface area contributed by atoms with E-state index in [1.54, 1.807) is 6.07 Å². The van der Waals surface area contributed by atoms with E-state index in [9.17, 15) is 14.3 Å². The van der Waals surface area contributed by atoms with Gasteiger partial charge in [0, 0.05) is 42.5 Å². The molecule has 1 aliphatic rings. The summed E-state index contributed by atoms with van der Waals surface area (Å²) in [6, 6.07) is 5.81. The highest BCUT2D eigenvalue weighted by atomic mass is 19.1. The van der Waals surface area contributed by atoms with Crippen molar-refractivity contribution in [2.24, 2.45) is 0 Å². The second-order valence-corrected chi connectivity index (χ2v) is 7.97. The molecule has 8 heteroatoms. The van der Waals surface area contributed by atoms with Crippen molar-refractivity contribution in [1.29, 1.82) is 0 Å². The molecule has 4 rings (SSSR count). The molecule has 2 atom stereocenters. The lowest BCUT2D eigenvalue weighted by Gasteiger charge is -2.39. The zero-order valence-electron chi connectivity index (χ0n) is 17.4. The summed E-state index contributed by atoms with van der Waals surface area (Å²) in [6.07, 6.45) is 2.04. The number of hydrogen-bond donors (Lipinski definition) is 3. The van der Waals surface area contributed by atoms with Crippen LogP contribution in [0.5, 0.6) is 5.75 Å². The van der Waals surface area contributed by atoms with E-state index in [0.29, 0.717) is 28.8 Å². The summed E-state index contributed by atoms with van der Waals surface area (Å²) in [7, 11) is 0. The number of fused-ring (bicyclic) bond motifs is 1. The maximum atomic E-state index is 14.5. The molecule has 30 heavy (non-hydrogen) atoms. The Bertz CT molecular complexity index is 1100. The predicted octanol–water partition coefficient (Wildman–Crippen LogP) is 3.38. The predicted molar refractivity (Wildman–Crippen MR) is 113 cm³/mol. The van der Waals surface area contributed by atoms with Crippen molar-refractivity contribution in [2.45, 2.75) is 45.7 Å². The largest absolute Gasteiger partial charge is 0.508 e. The number of piperazine rings is 1. The van der Waals surface area contributed by atoms with Gasteiger partial charge in [-0.05, 0) is 38.5 Å². The number of hydrogen-bond acceptors (Lipinski definition) is 5.